The van der Waals surface area contributed by atoms with Gasteiger partial charge in [-0.2, -0.15) is 8.42 Å². The molecule has 33 heavy (non-hydrogen) atoms. The smallest absolute Gasteiger partial charge is 0.295 e. The van der Waals surface area contributed by atoms with Gasteiger partial charge >= 0.3 is 0 Å². The molecular formula is C21H18ClF2N3O5S. The van der Waals surface area contributed by atoms with Crippen molar-refractivity contribution in [2.75, 3.05) is 18.7 Å². The summed E-state index contributed by atoms with van der Waals surface area (Å²) < 4.78 is 70.6. The van der Waals surface area contributed by atoms with E-state index in [9.17, 15) is 21.8 Å². The maximum atomic E-state index is 13.0. The highest BCUT2D eigenvalue weighted by Gasteiger charge is 2.25. The highest BCUT2D eigenvalue weighted by atomic mass is 35.5. The number of alkyl halides is 2. The lowest BCUT2D eigenvalue weighted by molar-refractivity contribution is 0.146. The van der Waals surface area contributed by atoms with E-state index in [2.05, 4.69) is 15.3 Å². The molecule has 0 spiro atoms. The molecule has 0 atom stereocenters. The van der Waals surface area contributed by atoms with Crippen molar-refractivity contribution in [3.63, 3.8) is 0 Å². The molecule has 1 aromatic heterocycles. The van der Waals surface area contributed by atoms with E-state index in [4.69, 9.17) is 21.1 Å². The number of nitrogens with one attached hydrogen (secondary N) is 1. The Morgan fingerprint density at radius 3 is 2.70 bits per heavy atom. The second-order valence-electron chi connectivity index (χ2n) is 7.25. The van der Waals surface area contributed by atoms with E-state index in [1.807, 2.05) is 0 Å². The van der Waals surface area contributed by atoms with Crippen LogP contribution in [0.15, 0.2) is 41.6 Å². The molecule has 12 heteroatoms. The number of nitrogens with zero attached hydrogens (tertiary/aromatic N) is 2. The molecule has 0 aliphatic carbocycles. The van der Waals surface area contributed by atoms with Gasteiger partial charge in [0, 0.05) is 17.7 Å². The Kier molecular flexibility index (Phi) is 6.37. The summed E-state index contributed by atoms with van der Waals surface area (Å²) in [7, 11) is -4.50. The van der Waals surface area contributed by atoms with Gasteiger partial charge in [-0.3, -0.25) is 4.55 Å². The van der Waals surface area contributed by atoms with Crippen LogP contribution in [-0.4, -0.2) is 36.3 Å². The quantitative estimate of drug-likeness (QED) is 0.453. The van der Waals surface area contributed by atoms with Crippen molar-refractivity contribution >= 4 is 27.5 Å². The normalized spacial score (nSPS) is 12.9. The van der Waals surface area contributed by atoms with Crippen molar-refractivity contribution < 1.29 is 31.2 Å². The summed E-state index contributed by atoms with van der Waals surface area (Å²) >= 11 is 5.96. The number of hydrogen-bond acceptors (Lipinski definition) is 7. The number of aromatic nitrogens is 2. The molecule has 174 valence electrons. The van der Waals surface area contributed by atoms with Gasteiger partial charge in [-0.05, 0) is 43.2 Å². The molecule has 4 rings (SSSR count). The standard InChI is InChI=1S/C21H18ClF2N3O5S/c1-11-2-3-16(33(28,29)30)13(6-11)14-7-12(8-15-19(14)32-10-31-15)4-5-25-21-17(22)18(20(23)24)26-9-27-21/h2-3,6-9,20H,4-5,10H2,1H3,(H,25,26,27)(H,28,29,30). The molecule has 2 aromatic carbocycles. The second-order valence-corrected chi connectivity index (χ2v) is 9.02. The molecule has 1 aliphatic rings. The zero-order valence-corrected chi connectivity index (χ0v) is 18.8. The number of ether oxygens (including phenoxy) is 2. The minimum absolute atomic E-state index is 0.0377. The predicted molar refractivity (Wildman–Crippen MR) is 117 cm³/mol. The van der Waals surface area contributed by atoms with Crippen molar-refractivity contribution in [2.24, 2.45) is 0 Å². The van der Waals surface area contributed by atoms with Crippen LogP contribution in [0.5, 0.6) is 11.5 Å². The molecule has 3 aromatic rings. The van der Waals surface area contributed by atoms with Gasteiger partial charge in [0.2, 0.25) is 6.79 Å². The lowest BCUT2D eigenvalue weighted by Crippen LogP contribution is -2.09. The largest absolute Gasteiger partial charge is 0.454 e. The first kappa shape index (κ1) is 23.1. The third-order valence-corrected chi connectivity index (χ3v) is 6.25. The molecule has 0 bridgehead atoms. The fourth-order valence-corrected chi connectivity index (χ4v) is 4.41. The molecule has 2 N–H and O–H groups in total. The summed E-state index contributed by atoms with van der Waals surface area (Å²) in [5.74, 6) is 0.864. The fourth-order valence-electron chi connectivity index (χ4n) is 3.47. The monoisotopic (exact) mass is 497 g/mol. The van der Waals surface area contributed by atoms with Gasteiger partial charge in [-0.15, -0.1) is 0 Å². The minimum atomic E-state index is -4.50. The second kappa shape index (κ2) is 9.08. The first-order valence-corrected chi connectivity index (χ1v) is 11.5. The Morgan fingerprint density at radius 2 is 1.97 bits per heavy atom. The van der Waals surface area contributed by atoms with Gasteiger partial charge in [0.15, 0.2) is 11.5 Å². The van der Waals surface area contributed by atoms with E-state index in [1.165, 1.54) is 6.07 Å². The fraction of sp³-hybridized carbons (Fsp3) is 0.238. The molecule has 8 nitrogen and oxygen atoms in total. The number of fused-ring (bicyclic) bond motifs is 1. The summed E-state index contributed by atoms with van der Waals surface area (Å²) in [5.41, 5.74) is 1.68. The summed E-state index contributed by atoms with van der Waals surface area (Å²) in [5, 5.41) is 2.65. The van der Waals surface area contributed by atoms with Crippen LogP contribution in [0.4, 0.5) is 14.6 Å². The number of benzene rings is 2. The van der Waals surface area contributed by atoms with Crippen molar-refractivity contribution in [3.05, 3.63) is 58.5 Å². The molecule has 0 fully saturated rings. The predicted octanol–water partition coefficient (Wildman–Crippen LogP) is 4.67. The molecule has 0 radical (unpaired) electrons. The Morgan fingerprint density at radius 1 is 1.18 bits per heavy atom. The van der Waals surface area contributed by atoms with Gasteiger partial charge in [0.1, 0.15) is 27.8 Å². The average molecular weight is 498 g/mol. The lowest BCUT2D eigenvalue weighted by atomic mass is 9.98. The summed E-state index contributed by atoms with van der Waals surface area (Å²) in [6.45, 7) is 2.03. The van der Waals surface area contributed by atoms with Crippen molar-refractivity contribution in [1.82, 2.24) is 9.97 Å². The lowest BCUT2D eigenvalue weighted by Gasteiger charge is -2.14. The van der Waals surface area contributed by atoms with Crippen LogP contribution in [-0.2, 0) is 16.5 Å². The van der Waals surface area contributed by atoms with Crippen LogP contribution < -0.4 is 14.8 Å². The molecule has 0 saturated heterocycles. The Hall–Kier alpha value is -3.02. The summed E-state index contributed by atoms with van der Waals surface area (Å²) in [6, 6.07) is 8.01. The van der Waals surface area contributed by atoms with Crippen LogP contribution in [0.25, 0.3) is 11.1 Å². The molecule has 0 amide bonds. The third-order valence-electron chi connectivity index (χ3n) is 4.96. The van der Waals surface area contributed by atoms with E-state index in [-0.39, 0.29) is 34.6 Å². The topological polar surface area (TPSA) is 111 Å². The Balaban J connectivity index is 1.65. The van der Waals surface area contributed by atoms with Crippen LogP contribution >= 0.6 is 11.6 Å². The minimum Gasteiger partial charge on any atom is -0.454 e. The van der Waals surface area contributed by atoms with Crippen molar-refractivity contribution in [2.45, 2.75) is 24.7 Å². The van der Waals surface area contributed by atoms with Gasteiger partial charge in [0.05, 0.1) is 0 Å². The Labute approximate surface area is 193 Å². The van der Waals surface area contributed by atoms with E-state index in [0.717, 1.165) is 17.5 Å². The van der Waals surface area contributed by atoms with Crippen LogP contribution in [0.3, 0.4) is 0 Å². The number of hydrogen-bond donors (Lipinski definition) is 2. The molecule has 0 saturated carbocycles. The van der Waals surface area contributed by atoms with Crippen LogP contribution in [0, 0.1) is 6.92 Å². The van der Waals surface area contributed by atoms with Crippen molar-refractivity contribution in [1.29, 1.82) is 0 Å². The maximum absolute atomic E-state index is 13.0. The number of halogens is 3. The summed E-state index contributed by atoms with van der Waals surface area (Å²) in [6.07, 6.45) is -1.44. The highest BCUT2D eigenvalue weighted by Crippen LogP contribution is 2.44. The van der Waals surface area contributed by atoms with E-state index in [1.54, 1.807) is 31.2 Å². The highest BCUT2D eigenvalue weighted by molar-refractivity contribution is 7.86. The van der Waals surface area contributed by atoms with Gasteiger partial charge in [-0.1, -0.05) is 23.2 Å². The van der Waals surface area contributed by atoms with E-state index >= 15 is 0 Å². The van der Waals surface area contributed by atoms with Gasteiger partial charge < -0.3 is 14.8 Å². The molecule has 0 unspecified atom stereocenters. The first-order chi connectivity index (χ1) is 15.6. The van der Waals surface area contributed by atoms with Gasteiger partial charge in [0.25, 0.3) is 16.5 Å². The molecule has 2 heterocycles. The molecule has 1 aliphatic heterocycles. The van der Waals surface area contributed by atoms with Crippen molar-refractivity contribution in [3.8, 4) is 22.6 Å². The third kappa shape index (κ3) is 4.85. The van der Waals surface area contributed by atoms with Crippen LogP contribution in [0.1, 0.15) is 23.2 Å². The summed E-state index contributed by atoms with van der Waals surface area (Å²) in [4.78, 5) is 7.13. The zero-order valence-electron chi connectivity index (χ0n) is 17.2. The number of anilines is 1. The van der Waals surface area contributed by atoms with E-state index < -0.39 is 22.2 Å². The van der Waals surface area contributed by atoms with Crippen LogP contribution in [0.2, 0.25) is 5.02 Å². The number of aryl methyl sites for hydroxylation is 1. The average Bonchev–Trinajstić information content (AvgIpc) is 3.22. The first-order valence-electron chi connectivity index (χ1n) is 9.68. The SMILES string of the molecule is Cc1ccc(S(=O)(=O)O)c(-c2cc(CCNc3ncnc(C(F)F)c3Cl)cc3c2OCO3)c1. The molecular weight excluding hydrogens is 480 g/mol. The maximum Gasteiger partial charge on any atom is 0.295 e. The van der Waals surface area contributed by atoms with E-state index in [0.29, 0.717) is 23.5 Å². The Bertz CT molecular complexity index is 1320. The zero-order chi connectivity index (χ0) is 23.8. The van der Waals surface area contributed by atoms with Gasteiger partial charge in [-0.25, -0.2) is 18.7 Å². The number of rotatable bonds is 7.